The van der Waals surface area contributed by atoms with Crippen LogP contribution in [0.5, 0.6) is 11.5 Å². The van der Waals surface area contributed by atoms with Gasteiger partial charge in [-0.3, -0.25) is 4.79 Å². The van der Waals surface area contributed by atoms with E-state index in [4.69, 9.17) is 9.47 Å². The number of ether oxygens (including phenoxy) is 2. The maximum absolute atomic E-state index is 12.2. The van der Waals surface area contributed by atoms with Crippen molar-refractivity contribution in [1.82, 2.24) is 5.43 Å². The van der Waals surface area contributed by atoms with E-state index in [-0.39, 0.29) is 5.91 Å². The Labute approximate surface area is 193 Å². The van der Waals surface area contributed by atoms with Gasteiger partial charge in [-0.15, -0.1) is 0 Å². The average molecular weight is 688 g/mol. The summed E-state index contributed by atoms with van der Waals surface area (Å²) in [6.07, 6.45) is 3.31. The van der Waals surface area contributed by atoms with E-state index in [1.165, 1.54) is 0 Å². The van der Waals surface area contributed by atoms with Gasteiger partial charge in [0.05, 0.1) is 24.0 Å². The molecule has 136 valence electrons. The second-order valence-electron chi connectivity index (χ2n) is 4.96. The Hall–Kier alpha value is -0.890. The summed E-state index contributed by atoms with van der Waals surface area (Å²) in [5, 5.41) is 4.04. The number of hydrogen-bond acceptors (Lipinski definition) is 4. The number of nitrogens with one attached hydrogen (secondary N) is 1. The van der Waals surface area contributed by atoms with Crippen LogP contribution in [0.2, 0.25) is 0 Å². The molecule has 0 heterocycles. The van der Waals surface area contributed by atoms with Crippen LogP contribution < -0.4 is 14.9 Å². The minimum atomic E-state index is -0.300. The van der Waals surface area contributed by atoms with Crippen molar-refractivity contribution in [1.29, 1.82) is 0 Å². The Morgan fingerprint density at radius 2 is 1.88 bits per heavy atom. The molecule has 0 unspecified atom stereocenters. The van der Waals surface area contributed by atoms with Gasteiger partial charge in [-0.25, -0.2) is 5.43 Å². The first kappa shape index (κ1) is 21.4. The molecule has 1 N–H and O–H groups in total. The molecule has 0 aliphatic carbocycles. The zero-order valence-electron chi connectivity index (χ0n) is 13.8. The molecular weight excluding hydrogens is 673 g/mol. The van der Waals surface area contributed by atoms with Crippen LogP contribution in [0, 0.1) is 10.7 Å². The van der Waals surface area contributed by atoms with Crippen LogP contribution in [0.25, 0.3) is 0 Å². The summed E-state index contributed by atoms with van der Waals surface area (Å²) in [5.41, 5.74) is 3.88. The molecule has 2 aromatic carbocycles. The van der Waals surface area contributed by atoms with Crippen LogP contribution in [0.4, 0.5) is 0 Å². The molecule has 2 aromatic rings. The highest BCUT2D eigenvalue weighted by Gasteiger charge is 2.09. The van der Waals surface area contributed by atoms with Gasteiger partial charge in [-0.1, -0.05) is 12.7 Å². The van der Waals surface area contributed by atoms with Crippen molar-refractivity contribution in [3.05, 3.63) is 64.8 Å². The molecule has 0 aliphatic heterocycles. The number of halogens is 3. The molecule has 0 saturated carbocycles. The molecule has 1 amide bonds. The van der Waals surface area contributed by atoms with Crippen molar-refractivity contribution in [2.45, 2.75) is 0 Å². The summed E-state index contributed by atoms with van der Waals surface area (Å²) in [6, 6.07) is 9.11. The summed E-state index contributed by atoms with van der Waals surface area (Å²) in [4.78, 5) is 12.2. The molecule has 0 saturated heterocycles. The number of amides is 1. The SMILES string of the molecule is C=CCOc1c(I)cc(C=NNC(=O)c2ccc(I)c(OC)c2)cc1I. The lowest BCUT2D eigenvalue weighted by Crippen LogP contribution is -2.17. The minimum Gasteiger partial charge on any atom is -0.496 e. The topological polar surface area (TPSA) is 59.9 Å². The Kier molecular flexibility index (Phi) is 8.60. The number of carbonyl (C=O) groups excluding carboxylic acids is 1. The van der Waals surface area contributed by atoms with Gasteiger partial charge in [0.2, 0.25) is 0 Å². The van der Waals surface area contributed by atoms with Crippen LogP contribution in [0.15, 0.2) is 48.1 Å². The third-order valence-corrected chi connectivity index (χ3v) is 5.65. The zero-order chi connectivity index (χ0) is 19.1. The van der Waals surface area contributed by atoms with Gasteiger partial charge in [-0.05, 0) is 104 Å². The van der Waals surface area contributed by atoms with Crippen molar-refractivity contribution in [2.75, 3.05) is 13.7 Å². The highest BCUT2D eigenvalue weighted by Crippen LogP contribution is 2.28. The van der Waals surface area contributed by atoms with Gasteiger partial charge in [-0.2, -0.15) is 5.10 Å². The number of nitrogens with zero attached hydrogens (tertiary/aromatic N) is 1. The first-order valence-electron chi connectivity index (χ1n) is 7.36. The summed E-state index contributed by atoms with van der Waals surface area (Å²) in [5.74, 6) is 1.17. The molecule has 2 rings (SSSR count). The normalized spacial score (nSPS) is 10.6. The number of benzene rings is 2. The first-order valence-corrected chi connectivity index (χ1v) is 10.6. The number of rotatable bonds is 7. The fourth-order valence-corrected chi connectivity index (χ4v) is 4.65. The molecule has 8 heteroatoms. The Bertz CT molecular complexity index is 831. The van der Waals surface area contributed by atoms with E-state index in [0.717, 1.165) is 22.0 Å². The summed E-state index contributed by atoms with van der Waals surface area (Å²) >= 11 is 6.57. The molecule has 0 fully saturated rings. The maximum atomic E-state index is 12.2. The van der Waals surface area contributed by atoms with Crippen LogP contribution in [-0.2, 0) is 0 Å². The monoisotopic (exact) mass is 688 g/mol. The van der Waals surface area contributed by atoms with Gasteiger partial charge in [0.1, 0.15) is 18.1 Å². The molecule has 0 aromatic heterocycles. The van der Waals surface area contributed by atoms with E-state index in [0.29, 0.717) is 17.9 Å². The van der Waals surface area contributed by atoms with E-state index in [9.17, 15) is 4.79 Å². The van der Waals surface area contributed by atoms with Crippen LogP contribution in [0.1, 0.15) is 15.9 Å². The molecule has 0 aliphatic rings. The van der Waals surface area contributed by atoms with Crippen LogP contribution in [0.3, 0.4) is 0 Å². The highest BCUT2D eigenvalue weighted by atomic mass is 127. The van der Waals surface area contributed by atoms with Gasteiger partial charge in [0.15, 0.2) is 0 Å². The molecular formula is C18H15I3N2O3. The lowest BCUT2D eigenvalue weighted by atomic mass is 10.2. The molecule has 0 radical (unpaired) electrons. The van der Waals surface area contributed by atoms with Gasteiger partial charge >= 0.3 is 0 Å². The van der Waals surface area contributed by atoms with Crippen molar-refractivity contribution in [3.63, 3.8) is 0 Å². The fourth-order valence-electron chi connectivity index (χ4n) is 1.97. The van der Waals surface area contributed by atoms with E-state index in [1.54, 1.807) is 31.5 Å². The third-order valence-electron chi connectivity index (χ3n) is 3.16. The van der Waals surface area contributed by atoms with Gasteiger partial charge in [0.25, 0.3) is 5.91 Å². The number of hydrazone groups is 1. The van der Waals surface area contributed by atoms with E-state index < -0.39 is 0 Å². The molecule has 0 spiro atoms. The first-order chi connectivity index (χ1) is 12.5. The predicted molar refractivity (Wildman–Crippen MR) is 128 cm³/mol. The van der Waals surface area contributed by atoms with Crippen LogP contribution >= 0.6 is 67.8 Å². The van der Waals surface area contributed by atoms with E-state index >= 15 is 0 Å². The molecule has 26 heavy (non-hydrogen) atoms. The average Bonchev–Trinajstić information content (AvgIpc) is 2.61. The van der Waals surface area contributed by atoms with Crippen molar-refractivity contribution >= 4 is 79.9 Å². The third kappa shape index (κ3) is 5.81. The highest BCUT2D eigenvalue weighted by molar-refractivity contribution is 14.1. The number of carbonyl (C=O) groups is 1. The number of methoxy groups -OCH3 is 1. The largest absolute Gasteiger partial charge is 0.496 e. The maximum Gasteiger partial charge on any atom is 0.271 e. The smallest absolute Gasteiger partial charge is 0.271 e. The second-order valence-corrected chi connectivity index (χ2v) is 8.45. The minimum absolute atomic E-state index is 0.300. The Morgan fingerprint density at radius 1 is 1.19 bits per heavy atom. The second kappa shape index (κ2) is 10.4. The van der Waals surface area contributed by atoms with Gasteiger partial charge < -0.3 is 9.47 Å². The predicted octanol–water partition coefficient (Wildman–Crippen LogP) is 4.84. The Morgan fingerprint density at radius 3 is 2.50 bits per heavy atom. The standard InChI is InChI=1S/C18H15I3N2O3/c1-3-6-26-17-14(20)7-11(8-15(17)21)10-22-23-18(24)12-4-5-13(19)16(9-12)25-2/h3-5,7-10H,1,6H2,2H3,(H,23,24). The lowest BCUT2D eigenvalue weighted by molar-refractivity contribution is 0.0954. The lowest BCUT2D eigenvalue weighted by Gasteiger charge is -2.09. The summed E-state index contributed by atoms with van der Waals surface area (Å²) in [6.45, 7) is 4.10. The summed E-state index contributed by atoms with van der Waals surface area (Å²) < 4.78 is 13.7. The number of hydrogen-bond donors (Lipinski definition) is 1. The van der Waals surface area contributed by atoms with E-state index in [2.05, 4.69) is 84.9 Å². The molecule has 5 nitrogen and oxygen atoms in total. The fraction of sp³-hybridized carbons (Fsp3) is 0.111. The van der Waals surface area contributed by atoms with Crippen LogP contribution in [-0.4, -0.2) is 25.8 Å². The summed E-state index contributed by atoms with van der Waals surface area (Å²) in [7, 11) is 1.57. The van der Waals surface area contributed by atoms with Crippen molar-refractivity contribution in [2.24, 2.45) is 5.10 Å². The van der Waals surface area contributed by atoms with Crippen molar-refractivity contribution in [3.8, 4) is 11.5 Å². The van der Waals surface area contributed by atoms with Gasteiger partial charge in [0, 0.05) is 5.56 Å². The van der Waals surface area contributed by atoms with Crippen molar-refractivity contribution < 1.29 is 14.3 Å². The Balaban J connectivity index is 2.08. The molecule has 0 atom stereocenters. The van der Waals surface area contributed by atoms with E-state index in [1.807, 2.05) is 18.2 Å². The zero-order valence-corrected chi connectivity index (χ0v) is 20.2. The molecule has 0 bridgehead atoms. The quantitative estimate of drug-likeness (QED) is 0.196.